The zero-order chi connectivity index (χ0) is 12.9. The van der Waals surface area contributed by atoms with E-state index >= 15 is 0 Å². The molecule has 1 saturated carbocycles. The highest BCUT2D eigenvalue weighted by Crippen LogP contribution is 2.22. The first kappa shape index (κ1) is 13.2. The summed E-state index contributed by atoms with van der Waals surface area (Å²) in [5, 5.41) is 7.97. The molecular formula is C16H19NS2. The molecule has 1 N–H and O–H groups in total. The van der Waals surface area contributed by atoms with Crippen molar-refractivity contribution in [1.29, 1.82) is 0 Å². The van der Waals surface area contributed by atoms with Crippen LogP contribution in [0.25, 0.3) is 0 Å². The number of thiophene rings is 1. The van der Waals surface area contributed by atoms with Crippen molar-refractivity contribution in [3.05, 3.63) is 52.2 Å². The van der Waals surface area contributed by atoms with Crippen LogP contribution in [0.15, 0.2) is 46.0 Å². The molecule has 0 radical (unpaired) electrons. The molecule has 1 fully saturated rings. The molecule has 1 heterocycles. The maximum Gasteiger partial charge on any atom is 0.0208 e. The Morgan fingerprint density at radius 3 is 2.95 bits per heavy atom. The number of nitrogens with one attached hydrogen (secondary N) is 1. The van der Waals surface area contributed by atoms with Gasteiger partial charge in [-0.2, -0.15) is 11.3 Å². The first-order valence-corrected chi connectivity index (χ1v) is 8.79. The molecule has 1 aliphatic carbocycles. The average Bonchev–Trinajstić information content (AvgIpc) is 3.13. The van der Waals surface area contributed by atoms with Gasteiger partial charge in [0.1, 0.15) is 0 Å². The summed E-state index contributed by atoms with van der Waals surface area (Å²) in [5.41, 5.74) is 2.87. The van der Waals surface area contributed by atoms with E-state index in [0.717, 1.165) is 18.3 Å². The quantitative estimate of drug-likeness (QED) is 0.761. The maximum absolute atomic E-state index is 3.57. The first-order valence-electron chi connectivity index (χ1n) is 6.86. The Kier molecular flexibility index (Phi) is 4.59. The molecule has 0 unspecified atom stereocenters. The summed E-state index contributed by atoms with van der Waals surface area (Å²) in [6, 6.07) is 12.0. The molecule has 0 saturated heterocycles. The van der Waals surface area contributed by atoms with E-state index in [4.69, 9.17) is 0 Å². The van der Waals surface area contributed by atoms with E-state index in [1.165, 1.54) is 35.3 Å². The van der Waals surface area contributed by atoms with Crippen molar-refractivity contribution in [2.75, 3.05) is 5.75 Å². The molecule has 0 aliphatic heterocycles. The third kappa shape index (κ3) is 4.37. The molecule has 3 heteroatoms. The molecule has 1 aliphatic rings. The summed E-state index contributed by atoms with van der Waals surface area (Å²) >= 11 is 3.75. The topological polar surface area (TPSA) is 12.0 Å². The van der Waals surface area contributed by atoms with Gasteiger partial charge in [0.2, 0.25) is 0 Å². The molecule has 0 amide bonds. The first-order chi connectivity index (χ1) is 9.40. The maximum atomic E-state index is 3.57. The molecule has 100 valence electrons. The van der Waals surface area contributed by atoms with Gasteiger partial charge in [-0.1, -0.05) is 12.1 Å². The molecule has 2 aromatic rings. The van der Waals surface area contributed by atoms with Crippen molar-refractivity contribution < 1.29 is 0 Å². The summed E-state index contributed by atoms with van der Waals surface area (Å²) in [5.74, 6) is 1.16. The molecule has 1 aromatic heterocycles. The van der Waals surface area contributed by atoms with Crippen LogP contribution < -0.4 is 5.32 Å². The van der Waals surface area contributed by atoms with Gasteiger partial charge in [0, 0.05) is 23.2 Å². The molecule has 1 aromatic carbocycles. The molecule has 0 spiro atoms. The lowest BCUT2D eigenvalue weighted by Crippen LogP contribution is -2.15. The third-order valence-electron chi connectivity index (χ3n) is 3.31. The van der Waals surface area contributed by atoms with E-state index in [1.807, 2.05) is 11.8 Å². The van der Waals surface area contributed by atoms with Crippen LogP contribution in [0, 0.1) is 0 Å². The number of aryl methyl sites for hydroxylation is 1. The van der Waals surface area contributed by atoms with Crippen molar-refractivity contribution in [3.8, 4) is 0 Å². The van der Waals surface area contributed by atoms with Crippen molar-refractivity contribution in [1.82, 2.24) is 5.32 Å². The van der Waals surface area contributed by atoms with E-state index in [9.17, 15) is 0 Å². The normalized spacial score (nSPS) is 14.7. The Morgan fingerprint density at radius 2 is 2.16 bits per heavy atom. The second kappa shape index (κ2) is 6.60. The second-order valence-electron chi connectivity index (χ2n) is 5.03. The third-order valence-corrected chi connectivity index (χ3v) is 5.04. The summed E-state index contributed by atoms with van der Waals surface area (Å²) in [4.78, 5) is 1.39. The van der Waals surface area contributed by atoms with E-state index in [1.54, 1.807) is 11.3 Å². The molecule has 0 atom stereocenters. The minimum absolute atomic E-state index is 0.787. The fraction of sp³-hybridized carbons (Fsp3) is 0.375. The molecule has 3 rings (SSSR count). The summed E-state index contributed by atoms with van der Waals surface area (Å²) in [6.45, 7) is 1.02. The van der Waals surface area contributed by atoms with Gasteiger partial charge in [-0.3, -0.25) is 0 Å². The summed E-state index contributed by atoms with van der Waals surface area (Å²) < 4.78 is 0. The van der Waals surface area contributed by atoms with Gasteiger partial charge in [-0.15, -0.1) is 11.8 Å². The van der Waals surface area contributed by atoms with Gasteiger partial charge in [0.15, 0.2) is 0 Å². The standard InChI is InChI=1S/C16H19NS2/c1-2-14(11-17-15-4-5-15)10-16(3-1)19-9-7-13-6-8-18-12-13/h1-3,6,8,10,12,15,17H,4-5,7,9,11H2. The number of rotatable bonds is 7. The van der Waals surface area contributed by atoms with Crippen molar-refractivity contribution in [2.45, 2.75) is 36.7 Å². The number of hydrogen-bond donors (Lipinski definition) is 1. The minimum Gasteiger partial charge on any atom is -0.310 e. The number of hydrogen-bond acceptors (Lipinski definition) is 3. The lowest BCUT2D eigenvalue weighted by Gasteiger charge is -2.06. The van der Waals surface area contributed by atoms with Gasteiger partial charge in [0.05, 0.1) is 0 Å². The highest BCUT2D eigenvalue weighted by atomic mass is 32.2. The highest BCUT2D eigenvalue weighted by Gasteiger charge is 2.19. The van der Waals surface area contributed by atoms with E-state index in [-0.39, 0.29) is 0 Å². The van der Waals surface area contributed by atoms with Crippen molar-refractivity contribution >= 4 is 23.1 Å². The highest BCUT2D eigenvalue weighted by molar-refractivity contribution is 7.99. The Bertz CT molecular complexity index is 503. The lowest BCUT2D eigenvalue weighted by atomic mass is 10.2. The molecule has 19 heavy (non-hydrogen) atoms. The fourth-order valence-electron chi connectivity index (χ4n) is 2.02. The molecule has 0 bridgehead atoms. The SMILES string of the molecule is c1cc(CNC2CC2)cc(SCCc2ccsc2)c1. The zero-order valence-electron chi connectivity index (χ0n) is 11.0. The van der Waals surface area contributed by atoms with Gasteiger partial charge < -0.3 is 5.32 Å². The predicted molar refractivity (Wildman–Crippen MR) is 85.1 cm³/mol. The van der Waals surface area contributed by atoms with Crippen LogP contribution in [0.5, 0.6) is 0 Å². The number of thioether (sulfide) groups is 1. The van der Waals surface area contributed by atoms with E-state index in [0.29, 0.717) is 0 Å². The van der Waals surface area contributed by atoms with Crippen LogP contribution in [-0.4, -0.2) is 11.8 Å². The van der Waals surface area contributed by atoms with Crippen molar-refractivity contribution in [2.24, 2.45) is 0 Å². The van der Waals surface area contributed by atoms with Crippen LogP contribution in [-0.2, 0) is 13.0 Å². The molecule has 1 nitrogen and oxygen atoms in total. The Morgan fingerprint density at radius 1 is 1.21 bits per heavy atom. The van der Waals surface area contributed by atoms with Crippen LogP contribution in [0.4, 0.5) is 0 Å². The summed E-state index contributed by atoms with van der Waals surface area (Å²) in [7, 11) is 0. The van der Waals surface area contributed by atoms with Crippen molar-refractivity contribution in [3.63, 3.8) is 0 Å². The molecular weight excluding hydrogens is 270 g/mol. The smallest absolute Gasteiger partial charge is 0.0208 e. The monoisotopic (exact) mass is 289 g/mol. The fourth-order valence-corrected chi connectivity index (χ4v) is 3.70. The predicted octanol–water partition coefficient (Wildman–Crippen LogP) is 4.33. The second-order valence-corrected chi connectivity index (χ2v) is 6.98. The van der Waals surface area contributed by atoms with Crippen LogP contribution in [0.1, 0.15) is 24.0 Å². The largest absolute Gasteiger partial charge is 0.310 e. The average molecular weight is 289 g/mol. The minimum atomic E-state index is 0.787. The van der Waals surface area contributed by atoms with E-state index < -0.39 is 0 Å². The van der Waals surface area contributed by atoms with Crippen LogP contribution >= 0.6 is 23.1 Å². The Labute approximate surface area is 123 Å². The van der Waals surface area contributed by atoms with Gasteiger partial charge in [-0.25, -0.2) is 0 Å². The number of benzene rings is 1. The lowest BCUT2D eigenvalue weighted by molar-refractivity contribution is 0.687. The zero-order valence-corrected chi connectivity index (χ0v) is 12.6. The van der Waals surface area contributed by atoms with Crippen LogP contribution in [0.2, 0.25) is 0 Å². The van der Waals surface area contributed by atoms with E-state index in [2.05, 4.69) is 46.4 Å². The Balaban J connectivity index is 1.47. The Hall–Kier alpha value is -0.770. The van der Waals surface area contributed by atoms with Crippen LogP contribution in [0.3, 0.4) is 0 Å². The van der Waals surface area contributed by atoms with Gasteiger partial charge >= 0.3 is 0 Å². The summed E-state index contributed by atoms with van der Waals surface area (Å²) in [6.07, 6.45) is 3.88. The van der Waals surface area contributed by atoms with Gasteiger partial charge in [-0.05, 0) is 59.3 Å². The van der Waals surface area contributed by atoms with Gasteiger partial charge in [0.25, 0.3) is 0 Å².